The Kier molecular flexibility index (Phi) is 5.89. The summed E-state index contributed by atoms with van der Waals surface area (Å²) >= 11 is 0. The van der Waals surface area contributed by atoms with Crippen LogP contribution in [-0.4, -0.2) is 25.9 Å². The van der Waals surface area contributed by atoms with Gasteiger partial charge in [-0.2, -0.15) is 0 Å². The van der Waals surface area contributed by atoms with Gasteiger partial charge in [-0.15, -0.1) is 0 Å². The smallest absolute Gasteiger partial charge is 0.119 e. The molecule has 0 aliphatic rings. The molecule has 0 aliphatic heterocycles. The van der Waals surface area contributed by atoms with Crippen molar-refractivity contribution in [2.75, 3.05) is 20.3 Å². The Morgan fingerprint density at radius 1 is 1.28 bits per heavy atom. The molecule has 0 aliphatic carbocycles. The third-order valence-electron chi connectivity index (χ3n) is 2.72. The maximum Gasteiger partial charge on any atom is 0.119 e. The Bertz CT molecular complexity index is 357. The van der Waals surface area contributed by atoms with Crippen LogP contribution in [0.1, 0.15) is 19.4 Å². The molecule has 1 rings (SSSR count). The van der Waals surface area contributed by atoms with Crippen LogP contribution in [0.4, 0.5) is 0 Å². The minimum absolute atomic E-state index is 0.132. The first-order valence-corrected chi connectivity index (χ1v) is 6.16. The zero-order chi connectivity index (χ0) is 13.4. The van der Waals surface area contributed by atoms with Crippen molar-refractivity contribution in [3.63, 3.8) is 0 Å². The maximum absolute atomic E-state index is 5.43. The molecule has 3 nitrogen and oxygen atoms in total. The molecule has 0 amide bonds. The molecule has 1 aromatic rings. The average molecular weight is 249 g/mol. The highest BCUT2D eigenvalue weighted by molar-refractivity contribution is 5.27. The van der Waals surface area contributed by atoms with E-state index in [1.807, 2.05) is 12.1 Å². The van der Waals surface area contributed by atoms with Crippen molar-refractivity contribution < 1.29 is 9.47 Å². The molecule has 0 heterocycles. The highest BCUT2D eigenvalue weighted by Gasteiger charge is 2.14. The minimum Gasteiger partial charge on any atom is -0.490 e. The fraction of sp³-hybridized carbons (Fsp3) is 0.467. The van der Waals surface area contributed by atoms with Gasteiger partial charge in [0.25, 0.3) is 0 Å². The van der Waals surface area contributed by atoms with E-state index in [4.69, 9.17) is 9.47 Å². The molecule has 0 atom stereocenters. The Morgan fingerprint density at radius 2 is 1.94 bits per heavy atom. The lowest BCUT2D eigenvalue weighted by Gasteiger charge is -2.23. The summed E-state index contributed by atoms with van der Waals surface area (Å²) in [5.41, 5.74) is 1.10. The summed E-state index contributed by atoms with van der Waals surface area (Å²) in [5, 5.41) is 3.37. The van der Waals surface area contributed by atoms with Crippen LogP contribution in [0, 0.1) is 0 Å². The Balaban J connectivity index is 2.37. The fourth-order valence-corrected chi connectivity index (χ4v) is 1.44. The van der Waals surface area contributed by atoms with Gasteiger partial charge in [-0.05, 0) is 31.5 Å². The van der Waals surface area contributed by atoms with Crippen LogP contribution >= 0.6 is 0 Å². The molecule has 100 valence electrons. The Morgan fingerprint density at radius 3 is 2.50 bits per heavy atom. The second kappa shape index (κ2) is 7.19. The van der Waals surface area contributed by atoms with Gasteiger partial charge in [0, 0.05) is 20.2 Å². The van der Waals surface area contributed by atoms with E-state index in [2.05, 4.69) is 37.9 Å². The highest BCUT2D eigenvalue weighted by atomic mass is 16.5. The zero-order valence-electron chi connectivity index (χ0n) is 11.5. The summed E-state index contributed by atoms with van der Waals surface area (Å²) in [6.07, 6.45) is 1.74. The van der Waals surface area contributed by atoms with Crippen LogP contribution in [0.5, 0.6) is 5.75 Å². The summed E-state index contributed by atoms with van der Waals surface area (Å²) in [7, 11) is 1.73. The van der Waals surface area contributed by atoms with Gasteiger partial charge in [0.15, 0.2) is 0 Å². The van der Waals surface area contributed by atoms with E-state index >= 15 is 0 Å². The first kappa shape index (κ1) is 14.7. The summed E-state index contributed by atoms with van der Waals surface area (Å²) in [4.78, 5) is 0. The molecule has 18 heavy (non-hydrogen) atoms. The second-order valence-corrected chi connectivity index (χ2v) is 4.81. The third kappa shape index (κ3) is 5.34. The van der Waals surface area contributed by atoms with E-state index in [1.165, 1.54) is 5.56 Å². The quantitative estimate of drug-likeness (QED) is 0.719. The summed E-state index contributed by atoms with van der Waals surface area (Å²) in [6, 6.07) is 8.07. The van der Waals surface area contributed by atoms with Crippen molar-refractivity contribution >= 4 is 0 Å². The molecule has 1 aromatic carbocycles. The van der Waals surface area contributed by atoms with E-state index in [9.17, 15) is 0 Å². The van der Waals surface area contributed by atoms with Crippen molar-refractivity contribution in [2.24, 2.45) is 0 Å². The number of ether oxygens (including phenoxy) is 2. The van der Waals surface area contributed by atoms with Gasteiger partial charge in [-0.25, -0.2) is 0 Å². The molecule has 3 heteroatoms. The molecule has 0 saturated carbocycles. The first-order chi connectivity index (χ1) is 8.57. The van der Waals surface area contributed by atoms with Crippen molar-refractivity contribution in [1.82, 2.24) is 5.32 Å². The van der Waals surface area contributed by atoms with Gasteiger partial charge < -0.3 is 14.8 Å². The van der Waals surface area contributed by atoms with Gasteiger partial charge in [0.05, 0.1) is 5.60 Å². The molecule has 0 aromatic heterocycles. The maximum atomic E-state index is 5.43. The number of benzene rings is 1. The van der Waals surface area contributed by atoms with E-state index in [0.29, 0.717) is 6.61 Å². The van der Waals surface area contributed by atoms with Crippen molar-refractivity contribution in [3.8, 4) is 5.75 Å². The predicted molar refractivity (Wildman–Crippen MR) is 74.9 cm³/mol. The van der Waals surface area contributed by atoms with E-state index in [0.717, 1.165) is 18.8 Å². The molecule has 0 unspecified atom stereocenters. The molecule has 0 spiro atoms. The minimum atomic E-state index is -0.132. The lowest BCUT2D eigenvalue weighted by molar-refractivity contribution is 0.0230. The number of rotatable bonds is 8. The zero-order valence-corrected chi connectivity index (χ0v) is 11.5. The number of methoxy groups -OCH3 is 1. The van der Waals surface area contributed by atoms with E-state index < -0.39 is 0 Å². The lowest BCUT2D eigenvalue weighted by atomic mass is 10.1. The molecule has 0 radical (unpaired) electrons. The second-order valence-electron chi connectivity index (χ2n) is 4.81. The SMILES string of the molecule is C=CCOc1ccc(CNCC(C)(C)OC)cc1. The van der Waals surface area contributed by atoms with Crippen molar-refractivity contribution in [2.45, 2.75) is 26.0 Å². The van der Waals surface area contributed by atoms with Crippen LogP contribution in [0.3, 0.4) is 0 Å². The van der Waals surface area contributed by atoms with Crippen LogP contribution in [-0.2, 0) is 11.3 Å². The largest absolute Gasteiger partial charge is 0.490 e. The highest BCUT2D eigenvalue weighted by Crippen LogP contribution is 2.12. The van der Waals surface area contributed by atoms with Crippen LogP contribution < -0.4 is 10.1 Å². The van der Waals surface area contributed by atoms with Gasteiger partial charge in [0.1, 0.15) is 12.4 Å². The summed E-state index contributed by atoms with van der Waals surface area (Å²) < 4.78 is 10.8. The molecule has 0 saturated heterocycles. The molecule has 0 fully saturated rings. The number of hydrogen-bond donors (Lipinski definition) is 1. The van der Waals surface area contributed by atoms with Crippen LogP contribution in [0.15, 0.2) is 36.9 Å². The molecular formula is C15H23NO2. The third-order valence-corrected chi connectivity index (χ3v) is 2.72. The van der Waals surface area contributed by atoms with Gasteiger partial charge >= 0.3 is 0 Å². The Hall–Kier alpha value is -1.32. The van der Waals surface area contributed by atoms with E-state index in [-0.39, 0.29) is 5.60 Å². The molecule has 1 N–H and O–H groups in total. The van der Waals surface area contributed by atoms with Crippen molar-refractivity contribution in [1.29, 1.82) is 0 Å². The van der Waals surface area contributed by atoms with Crippen LogP contribution in [0.2, 0.25) is 0 Å². The fourth-order valence-electron chi connectivity index (χ4n) is 1.44. The normalized spacial score (nSPS) is 11.3. The van der Waals surface area contributed by atoms with Gasteiger partial charge in [-0.3, -0.25) is 0 Å². The lowest BCUT2D eigenvalue weighted by Crippen LogP contribution is -2.36. The summed E-state index contributed by atoms with van der Waals surface area (Å²) in [5.74, 6) is 0.871. The average Bonchev–Trinajstić information content (AvgIpc) is 2.38. The van der Waals surface area contributed by atoms with Crippen molar-refractivity contribution in [3.05, 3.63) is 42.5 Å². The monoisotopic (exact) mass is 249 g/mol. The summed E-state index contributed by atoms with van der Waals surface area (Å²) in [6.45, 7) is 9.93. The first-order valence-electron chi connectivity index (χ1n) is 6.16. The standard InChI is InChI=1S/C15H23NO2/c1-5-10-18-14-8-6-13(7-9-14)11-16-12-15(2,3)17-4/h5-9,16H,1,10-12H2,2-4H3. The topological polar surface area (TPSA) is 30.5 Å². The molecule has 0 bridgehead atoms. The predicted octanol–water partition coefficient (Wildman–Crippen LogP) is 2.77. The Labute approximate surface area is 110 Å². The number of hydrogen-bond acceptors (Lipinski definition) is 3. The van der Waals surface area contributed by atoms with Crippen LogP contribution in [0.25, 0.3) is 0 Å². The van der Waals surface area contributed by atoms with Gasteiger partial charge in [0.2, 0.25) is 0 Å². The van der Waals surface area contributed by atoms with E-state index in [1.54, 1.807) is 13.2 Å². The van der Waals surface area contributed by atoms with Gasteiger partial charge in [-0.1, -0.05) is 24.8 Å². The number of nitrogens with one attached hydrogen (secondary N) is 1. The molecular weight excluding hydrogens is 226 g/mol.